The molecule has 1 amide bonds. The van der Waals surface area contributed by atoms with E-state index < -0.39 is 21.5 Å². The highest BCUT2D eigenvalue weighted by Crippen LogP contribution is 2.12. The van der Waals surface area contributed by atoms with E-state index in [9.17, 15) is 13.2 Å². The van der Waals surface area contributed by atoms with Gasteiger partial charge in [-0.25, -0.2) is 8.42 Å². The fourth-order valence-corrected chi connectivity index (χ4v) is 3.35. The van der Waals surface area contributed by atoms with Gasteiger partial charge in [-0.2, -0.15) is 0 Å². The summed E-state index contributed by atoms with van der Waals surface area (Å²) in [4.78, 5) is 11.6. The lowest BCUT2D eigenvalue weighted by Gasteiger charge is -2.06. The summed E-state index contributed by atoms with van der Waals surface area (Å²) in [6.07, 6.45) is 4.19. The van der Waals surface area contributed by atoms with Crippen molar-refractivity contribution in [3.05, 3.63) is 34.9 Å². The van der Waals surface area contributed by atoms with Gasteiger partial charge in [-0.3, -0.25) is 4.79 Å². The molecule has 0 atom stereocenters. The third-order valence-corrected chi connectivity index (χ3v) is 4.73. The van der Waals surface area contributed by atoms with Gasteiger partial charge in [0.1, 0.15) is 5.75 Å². The molecule has 1 N–H and O–H groups in total. The van der Waals surface area contributed by atoms with Crippen LogP contribution in [0.1, 0.15) is 38.2 Å². The third kappa shape index (κ3) is 8.07. The minimum absolute atomic E-state index is 0.145. The molecule has 0 saturated carbocycles. The van der Waals surface area contributed by atoms with Crippen molar-refractivity contribution >= 4 is 27.3 Å². The Morgan fingerprint density at radius 1 is 1.14 bits per heavy atom. The number of halogens is 1. The lowest BCUT2D eigenvalue weighted by molar-refractivity contribution is -0.118. The van der Waals surface area contributed by atoms with E-state index in [-0.39, 0.29) is 5.75 Å². The van der Waals surface area contributed by atoms with E-state index in [0.717, 1.165) is 25.7 Å². The van der Waals surface area contributed by atoms with Gasteiger partial charge in [-0.1, -0.05) is 49.9 Å². The van der Waals surface area contributed by atoms with E-state index >= 15 is 0 Å². The number of unbranched alkanes of at least 4 members (excludes halogenated alkanes) is 3. The molecule has 1 aromatic carbocycles. The van der Waals surface area contributed by atoms with E-state index in [1.54, 1.807) is 24.3 Å². The van der Waals surface area contributed by atoms with Gasteiger partial charge < -0.3 is 5.32 Å². The molecule has 0 bridgehead atoms. The molecule has 4 nitrogen and oxygen atoms in total. The second-order valence-electron chi connectivity index (χ2n) is 5.07. The van der Waals surface area contributed by atoms with Crippen LogP contribution < -0.4 is 5.32 Å². The van der Waals surface area contributed by atoms with Crippen molar-refractivity contribution in [2.45, 2.75) is 38.4 Å². The van der Waals surface area contributed by atoms with E-state index in [0.29, 0.717) is 17.1 Å². The maximum Gasteiger partial charge on any atom is 0.235 e. The quantitative estimate of drug-likeness (QED) is 0.708. The van der Waals surface area contributed by atoms with Crippen LogP contribution in [0.5, 0.6) is 0 Å². The molecule has 0 saturated heterocycles. The number of amides is 1. The summed E-state index contributed by atoms with van der Waals surface area (Å²) in [5.41, 5.74) is 0.634. The highest BCUT2D eigenvalue weighted by Gasteiger charge is 2.17. The van der Waals surface area contributed by atoms with Crippen LogP contribution in [0.25, 0.3) is 0 Å². The van der Waals surface area contributed by atoms with Crippen molar-refractivity contribution in [2.24, 2.45) is 0 Å². The molecule has 0 fully saturated rings. The summed E-state index contributed by atoms with van der Waals surface area (Å²) < 4.78 is 23.9. The zero-order valence-electron chi connectivity index (χ0n) is 12.3. The van der Waals surface area contributed by atoms with Crippen LogP contribution in [0, 0.1) is 0 Å². The molecule has 0 aliphatic rings. The molecule has 1 rings (SSSR count). The van der Waals surface area contributed by atoms with Crippen LogP contribution in [0.4, 0.5) is 0 Å². The van der Waals surface area contributed by atoms with Crippen LogP contribution in [0.15, 0.2) is 24.3 Å². The zero-order valence-corrected chi connectivity index (χ0v) is 13.8. The van der Waals surface area contributed by atoms with Gasteiger partial charge in [0.05, 0.1) is 5.75 Å². The number of carbonyl (C=O) groups excluding carboxylic acids is 1. The molecular formula is C15H22ClNO3S. The van der Waals surface area contributed by atoms with Crippen LogP contribution >= 0.6 is 11.6 Å². The van der Waals surface area contributed by atoms with Crippen molar-refractivity contribution in [1.82, 2.24) is 5.32 Å². The second-order valence-corrected chi connectivity index (χ2v) is 7.57. The SMILES string of the molecule is CCCCCCNC(=O)CS(=O)(=O)Cc1ccc(Cl)cc1. The van der Waals surface area contributed by atoms with Gasteiger partial charge in [-0.05, 0) is 24.1 Å². The lowest BCUT2D eigenvalue weighted by atomic mass is 10.2. The molecule has 21 heavy (non-hydrogen) atoms. The topological polar surface area (TPSA) is 63.2 Å². The molecule has 1 aromatic rings. The minimum atomic E-state index is -3.45. The smallest absolute Gasteiger partial charge is 0.235 e. The number of sulfone groups is 1. The molecule has 0 aromatic heterocycles. The third-order valence-electron chi connectivity index (χ3n) is 3.00. The van der Waals surface area contributed by atoms with Gasteiger partial charge >= 0.3 is 0 Å². The minimum Gasteiger partial charge on any atom is -0.355 e. The van der Waals surface area contributed by atoms with Gasteiger partial charge in [0.25, 0.3) is 0 Å². The molecule has 118 valence electrons. The summed E-state index contributed by atoms with van der Waals surface area (Å²) in [5, 5.41) is 3.21. The average molecular weight is 332 g/mol. The van der Waals surface area contributed by atoms with Gasteiger partial charge in [0, 0.05) is 11.6 Å². The monoisotopic (exact) mass is 331 g/mol. The Balaban J connectivity index is 2.37. The van der Waals surface area contributed by atoms with Crippen molar-refractivity contribution in [3.63, 3.8) is 0 Å². The molecule has 6 heteroatoms. The van der Waals surface area contributed by atoms with Crippen molar-refractivity contribution < 1.29 is 13.2 Å². The zero-order chi connectivity index (χ0) is 15.7. The largest absolute Gasteiger partial charge is 0.355 e. The maximum absolute atomic E-state index is 11.9. The highest BCUT2D eigenvalue weighted by molar-refractivity contribution is 7.91. The van der Waals surface area contributed by atoms with Crippen molar-refractivity contribution in [2.75, 3.05) is 12.3 Å². The Morgan fingerprint density at radius 2 is 1.81 bits per heavy atom. The summed E-state index contributed by atoms with van der Waals surface area (Å²) in [5.74, 6) is -1.04. The maximum atomic E-state index is 11.9. The Labute approximate surface area is 131 Å². The van der Waals surface area contributed by atoms with E-state index in [1.807, 2.05) is 0 Å². The van der Waals surface area contributed by atoms with Crippen LogP contribution in [0.2, 0.25) is 5.02 Å². The van der Waals surface area contributed by atoms with Gasteiger partial charge in [0.2, 0.25) is 5.91 Å². The standard InChI is InChI=1S/C15H22ClNO3S/c1-2-3-4-5-10-17-15(18)12-21(19,20)11-13-6-8-14(16)9-7-13/h6-9H,2-5,10-12H2,1H3,(H,17,18). The summed E-state index contributed by atoms with van der Waals surface area (Å²) in [6, 6.07) is 6.59. The number of rotatable bonds is 9. The first-order valence-electron chi connectivity index (χ1n) is 7.14. The molecule has 0 spiro atoms. The lowest BCUT2D eigenvalue weighted by Crippen LogP contribution is -2.31. The predicted octanol–water partition coefficient (Wildman–Crippen LogP) is 2.95. The summed E-state index contributed by atoms with van der Waals surface area (Å²) in [7, 11) is -3.45. The van der Waals surface area contributed by atoms with Crippen molar-refractivity contribution in [3.8, 4) is 0 Å². The molecule has 0 radical (unpaired) electrons. The fraction of sp³-hybridized carbons (Fsp3) is 0.533. The Bertz CT molecular complexity index is 541. The first kappa shape index (κ1) is 18.0. The number of nitrogens with one attached hydrogen (secondary N) is 1. The second kappa shape index (κ2) is 9.05. The van der Waals surface area contributed by atoms with Crippen LogP contribution in [0.3, 0.4) is 0 Å². The molecule has 0 aliphatic heterocycles. The Morgan fingerprint density at radius 3 is 2.43 bits per heavy atom. The first-order valence-corrected chi connectivity index (χ1v) is 9.34. The molecular weight excluding hydrogens is 310 g/mol. The van der Waals surface area contributed by atoms with Crippen LogP contribution in [-0.4, -0.2) is 26.6 Å². The van der Waals surface area contributed by atoms with E-state index in [4.69, 9.17) is 11.6 Å². The normalized spacial score (nSPS) is 11.3. The predicted molar refractivity (Wildman–Crippen MR) is 86.1 cm³/mol. The van der Waals surface area contributed by atoms with Crippen molar-refractivity contribution in [1.29, 1.82) is 0 Å². The molecule has 0 aliphatic carbocycles. The average Bonchev–Trinajstić information content (AvgIpc) is 2.40. The summed E-state index contributed by atoms with van der Waals surface area (Å²) >= 11 is 5.75. The fourth-order valence-electron chi connectivity index (χ4n) is 1.92. The summed E-state index contributed by atoms with van der Waals surface area (Å²) in [6.45, 7) is 2.65. The van der Waals surface area contributed by atoms with Crippen LogP contribution in [-0.2, 0) is 20.4 Å². The number of hydrogen-bond donors (Lipinski definition) is 1. The Hall–Kier alpha value is -1.07. The van der Waals surface area contributed by atoms with E-state index in [2.05, 4.69) is 12.2 Å². The van der Waals surface area contributed by atoms with E-state index in [1.165, 1.54) is 0 Å². The first-order chi connectivity index (χ1) is 9.93. The Kier molecular flexibility index (Phi) is 7.75. The number of carbonyl (C=O) groups is 1. The molecule has 0 heterocycles. The highest BCUT2D eigenvalue weighted by atomic mass is 35.5. The van der Waals surface area contributed by atoms with Gasteiger partial charge in [0.15, 0.2) is 9.84 Å². The number of benzene rings is 1. The number of hydrogen-bond acceptors (Lipinski definition) is 3. The molecule has 0 unspecified atom stereocenters. The van der Waals surface area contributed by atoms with Gasteiger partial charge in [-0.15, -0.1) is 0 Å².